The van der Waals surface area contributed by atoms with Crippen LogP contribution in [-0.2, 0) is 5.33 Å². The molecule has 1 aliphatic rings. The Hall–Kier alpha value is -1.14. The predicted octanol–water partition coefficient (Wildman–Crippen LogP) is 2.63. The average molecular weight is 328 g/mol. The SMILES string of the molecule is CCN1CCN(c2ccc([N+](=O)[O-])cc2CBr)CC1. The third kappa shape index (κ3) is 3.25. The van der Waals surface area contributed by atoms with Gasteiger partial charge in [0.05, 0.1) is 4.92 Å². The van der Waals surface area contributed by atoms with E-state index in [1.54, 1.807) is 12.1 Å². The second-order valence-electron chi connectivity index (χ2n) is 4.63. The minimum absolute atomic E-state index is 0.158. The molecule has 0 radical (unpaired) electrons. The van der Waals surface area contributed by atoms with E-state index in [0.29, 0.717) is 5.33 Å². The maximum atomic E-state index is 10.8. The molecule has 0 bridgehead atoms. The molecule has 1 aliphatic heterocycles. The Morgan fingerprint density at radius 3 is 2.53 bits per heavy atom. The minimum Gasteiger partial charge on any atom is -0.369 e. The van der Waals surface area contributed by atoms with Gasteiger partial charge in [-0.05, 0) is 18.2 Å². The number of nitro benzene ring substituents is 1. The van der Waals surface area contributed by atoms with Crippen LogP contribution in [0, 0.1) is 10.1 Å². The van der Waals surface area contributed by atoms with Gasteiger partial charge >= 0.3 is 0 Å². The minimum atomic E-state index is -0.342. The second kappa shape index (κ2) is 6.34. The van der Waals surface area contributed by atoms with Crippen molar-refractivity contribution in [2.24, 2.45) is 0 Å². The van der Waals surface area contributed by atoms with Crippen molar-refractivity contribution in [2.75, 3.05) is 37.6 Å². The molecule has 6 heteroatoms. The molecule has 0 spiro atoms. The summed E-state index contributed by atoms with van der Waals surface area (Å²) in [6.07, 6.45) is 0. The Morgan fingerprint density at radius 1 is 1.32 bits per heavy atom. The van der Waals surface area contributed by atoms with Crippen LogP contribution in [0.3, 0.4) is 0 Å². The summed E-state index contributed by atoms with van der Waals surface area (Å²) >= 11 is 3.42. The first-order chi connectivity index (χ1) is 9.15. The van der Waals surface area contributed by atoms with E-state index >= 15 is 0 Å². The van der Waals surface area contributed by atoms with E-state index in [9.17, 15) is 10.1 Å². The van der Waals surface area contributed by atoms with E-state index in [2.05, 4.69) is 32.7 Å². The first kappa shape index (κ1) is 14.3. The number of hydrogen-bond donors (Lipinski definition) is 0. The van der Waals surface area contributed by atoms with Crippen LogP contribution in [-0.4, -0.2) is 42.5 Å². The maximum Gasteiger partial charge on any atom is 0.269 e. The van der Waals surface area contributed by atoms with Crippen molar-refractivity contribution in [1.82, 2.24) is 4.90 Å². The lowest BCUT2D eigenvalue weighted by atomic mass is 10.1. The molecule has 1 aromatic rings. The van der Waals surface area contributed by atoms with Crippen molar-refractivity contribution in [1.29, 1.82) is 0 Å². The molecular formula is C13H18BrN3O2. The lowest BCUT2D eigenvalue weighted by molar-refractivity contribution is -0.384. The van der Waals surface area contributed by atoms with Gasteiger partial charge in [-0.3, -0.25) is 10.1 Å². The molecule has 104 valence electrons. The summed E-state index contributed by atoms with van der Waals surface area (Å²) in [5.74, 6) is 0. The summed E-state index contributed by atoms with van der Waals surface area (Å²) in [5.41, 5.74) is 2.25. The summed E-state index contributed by atoms with van der Waals surface area (Å²) in [6.45, 7) is 7.31. The molecule has 1 saturated heterocycles. The number of halogens is 1. The van der Waals surface area contributed by atoms with E-state index in [1.165, 1.54) is 0 Å². The first-order valence-corrected chi connectivity index (χ1v) is 7.58. The molecule has 0 amide bonds. The van der Waals surface area contributed by atoms with Gasteiger partial charge in [-0.15, -0.1) is 0 Å². The van der Waals surface area contributed by atoms with E-state index in [-0.39, 0.29) is 10.6 Å². The molecule has 5 nitrogen and oxygen atoms in total. The molecule has 1 fully saturated rings. The zero-order valence-corrected chi connectivity index (χ0v) is 12.6. The number of non-ortho nitro benzene ring substituents is 1. The van der Waals surface area contributed by atoms with E-state index in [1.807, 2.05) is 6.07 Å². The van der Waals surface area contributed by atoms with Crippen LogP contribution in [0.15, 0.2) is 18.2 Å². The Kier molecular flexibility index (Phi) is 4.76. The lowest BCUT2D eigenvalue weighted by Crippen LogP contribution is -2.46. The summed E-state index contributed by atoms with van der Waals surface area (Å²) in [4.78, 5) is 15.2. The Morgan fingerprint density at radius 2 is 2.00 bits per heavy atom. The van der Waals surface area contributed by atoms with Crippen LogP contribution in [0.4, 0.5) is 11.4 Å². The van der Waals surface area contributed by atoms with Gasteiger partial charge in [0.25, 0.3) is 5.69 Å². The zero-order valence-electron chi connectivity index (χ0n) is 11.0. The number of likely N-dealkylation sites (N-methyl/N-ethyl adjacent to an activating group) is 1. The Balaban J connectivity index is 2.18. The number of nitrogens with zero attached hydrogens (tertiary/aromatic N) is 3. The van der Waals surface area contributed by atoms with Crippen molar-refractivity contribution < 1.29 is 4.92 Å². The highest BCUT2D eigenvalue weighted by atomic mass is 79.9. The normalized spacial score (nSPS) is 16.6. The van der Waals surface area contributed by atoms with Crippen molar-refractivity contribution in [3.05, 3.63) is 33.9 Å². The van der Waals surface area contributed by atoms with Crippen molar-refractivity contribution in [3.8, 4) is 0 Å². The summed E-state index contributed by atoms with van der Waals surface area (Å²) in [5, 5.41) is 11.4. The molecule has 0 unspecified atom stereocenters. The highest BCUT2D eigenvalue weighted by Crippen LogP contribution is 2.28. The lowest BCUT2D eigenvalue weighted by Gasteiger charge is -2.36. The average Bonchev–Trinajstić information content (AvgIpc) is 2.46. The smallest absolute Gasteiger partial charge is 0.269 e. The van der Waals surface area contributed by atoms with E-state index < -0.39 is 0 Å². The molecule has 0 atom stereocenters. The molecule has 0 N–H and O–H groups in total. The second-order valence-corrected chi connectivity index (χ2v) is 5.19. The third-order valence-electron chi connectivity index (χ3n) is 3.58. The summed E-state index contributed by atoms with van der Waals surface area (Å²) < 4.78 is 0. The van der Waals surface area contributed by atoms with Gasteiger partial charge in [-0.25, -0.2) is 0 Å². The van der Waals surface area contributed by atoms with Crippen LogP contribution in [0.1, 0.15) is 12.5 Å². The zero-order chi connectivity index (χ0) is 13.8. The number of piperazine rings is 1. The molecule has 1 aromatic carbocycles. The molecule has 0 aliphatic carbocycles. The van der Waals surface area contributed by atoms with Crippen molar-refractivity contribution in [3.63, 3.8) is 0 Å². The summed E-state index contributed by atoms with van der Waals surface area (Å²) in [7, 11) is 0. The van der Waals surface area contributed by atoms with Crippen LogP contribution in [0.25, 0.3) is 0 Å². The van der Waals surface area contributed by atoms with E-state index in [0.717, 1.165) is 44.0 Å². The topological polar surface area (TPSA) is 49.6 Å². The number of hydrogen-bond acceptors (Lipinski definition) is 4. The maximum absolute atomic E-state index is 10.8. The fourth-order valence-corrected chi connectivity index (χ4v) is 2.86. The largest absolute Gasteiger partial charge is 0.369 e. The van der Waals surface area contributed by atoms with E-state index in [4.69, 9.17) is 0 Å². The molecule has 0 aromatic heterocycles. The molecular weight excluding hydrogens is 310 g/mol. The number of benzene rings is 1. The fourth-order valence-electron chi connectivity index (χ4n) is 2.41. The summed E-state index contributed by atoms with van der Waals surface area (Å²) in [6, 6.07) is 5.13. The van der Waals surface area contributed by atoms with Gasteiger partial charge in [-0.1, -0.05) is 22.9 Å². The fraction of sp³-hybridized carbons (Fsp3) is 0.538. The van der Waals surface area contributed by atoms with Crippen molar-refractivity contribution >= 4 is 27.3 Å². The number of anilines is 1. The highest BCUT2D eigenvalue weighted by Gasteiger charge is 2.19. The van der Waals surface area contributed by atoms with Gasteiger partial charge in [-0.2, -0.15) is 0 Å². The van der Waals surface area contributed by atoms with Gasteiger partial charge in [0.15, 0.2) is 0 Å². The van der Waals surface area contributed by atoms with Crippen LogP contribution in [0.5, 0.6) is 0 Å². The van der Waals surface area contributed by atoms with Gasteiger partial charge in [0, 0.05) is 49.3 Å². The quantitative estimate of drug-likeness (QED) is 0.484. The highest BCUT2D eigenvalue weighted by molar-refractivity contribution is 9.08. The molecule has 2 rings (SSSR count). The van der Waals surface area contributed by atoms with Crippen LogP contribution < -0.4 is 4.90 Å². The Bertz CT molecular complexity index is 459. The predicted molar refractivity (Wildman–Crippen MR) is 80.1 cm³/mol. The Labute approximate surface area is 121 Å². The van der Waals surface area contributed by atoms with Crippen molar-refractivity contribution in [2.45, 2.75) is 12.3 Å². The van der Waals surface area contributed by atoms with Gasteiger partial charge in [0.1, 0.15) is 0 Å². The monoisotopic (exact) mass is 327 g/mol. The van der Waals surface area contributed by atoms with Gasteiger partial charge in [0.2, 0.25) is 0 Å². The number of alkyl halides is 1. The molecule has 0 saturated carbocycles. The number of nitro groups is 1. The standard InChI is InChI=1S/C13H18BrN3O2/c1-2-15-5-7-16(8-6-15)13-4-3-12(17(18)19)9-11(13)10-14/h3-4,9H,2,5-8,10H2,1H3. The van der Waals surface area contributed by atoms with Gasteiger partial charge < -0.3 is 9.80 Å². The van der Waals surface area contributed by atoms with Crippen LogP contribution in [0.2, 0.25) is 0 Å². The number of rotatable bonds is 4. The third-order valence-corrected chi connectivity index (χ3v) is 4.18. The molecule has 19 heavy (non-hydrogen) atoms. The first-order valence-electron chi connectivity index (χ1n) is 6.46. The molecule has 1 heterocycles. The van der Waals surface area contributed by atoms with Crippen LogP contribution >= 0.6 is 15.9 Å².